The minimum atomic E-state index is 0.814. The van der Waals surface area contributed by atoms with E-state index in [4.69, 9.17) is 8.83 Å². The third-order valence-electron chi connectivity index (χ3n) is 11.3. The van der Waals surface area contributed by atoms with E-state index >= 15 is 0 Å². The Labute approximate surface area is 320 Å². The van der Waals surface area contributed by atoms with Crippen LogP contribution in [0.1, 0.15) is 0 Å². The van der Waals surface area contributed by atoms with Gasteiger partial charge in [0.2, 0.25) is 0 Å². The zero-order valence-electron chi connectivity index (χ0n) is 29.5. The summed E-state index contributed by atoms with van der Waals surface area (Å²) in [7, 11) is 0. The molecule has 3 aromatic heterocycles. The monoisotopic (exact) mass is 718 g/mol. The molecule has 12 rings (SSSR count). The molecule has 0 unspecified atom stereocenters. The van der Waals surface area contributed by atoms with Crippen molar-refractivity contribution in [2.75, 3.05) is 0 Å². The Balaban J connectivity index is 1.11. The highest BCUT2D eigenvalue weighted by Gasteiger charge is 2.24. The van der Waals surface area contributed by atoms with Crippen LogP contribution in [0.3, 0.4) is 0 Å². The van der Waals surface area contributed by atoms with Crippen molar-refractivity contribution in [3.63, 3.8) is 0 Å². The van der Waals surface area contributed by atoms with Gasteiger partial charge in [0.15, 0.2) is 0 Å². The molecule has 12 aromatic rings. The average molecular weight is 719 g/mol. The number of hydrogen-bond acceptors (Lipinski definition) is 3. The highest BCUT2D eigenvalue weighted by Crippen LogP contribution is 2.49. The van der Waals surface area contributed by atoms with Crippen LogP contribution in [0.25, 0.3) is 119 Å². The Morgan fingerprint density at radius 1 is 0.345 bits per heavy atom. The van der Waals surface area contributed by atoms with Gasteiger partial charge in [-0.3, -0.25) is 0 Å². The fourth-order valence-corrected chi connectivity index (χ4v) is 10.2. The lowest BCUT2D eigenvalue weighted by Gasteiger charge is -2.18. The Hall–Kier alpha value is -6.94. The van der Waals surface area contributed by atoms with Crippen LogP contribution >= 0.6 is 11.3 Å². The van der Waals surface area contributed by atoms with E-state index in [1.165, 1.54) is 58.4 Å². The zero-order valence-corrected chi connectivity index (χ0v) is 30.4. The smallest absolute Gasteiger partial charge is 0.147 e. The van der Waals surface area contributed by atoms with Crippen molar-refractivity contribution in [2.24, 2.45) is 0 Å². The van der Waals surface area contributed by atoms with E-state index in [-0.39, 0.29) is 0 Å². The fraction of sp³-hybridized carbons (Fsp3) is 0. The van der Waals surface area contributed by atoms with Crippen LogP contribution in [-0.2, 0) is 0 Å². The molecule has 2 nitrogen and oxygen atoms in total. The molecule has 0 saturated heterocycles. The maximum atomic E-state index is 6.90. The molecule has 0 radical (unpaired) electrons. The Kier molecular flexibility index (Phi) is 6.54. The lowest BCUT2D eigenvalue weighted by atomic mass is 9.85. The van der Waals surface area contributed by atoms with Crippen molar-refractivity contribution >= 4 is 86.0 Å². The molecule has 0 aliphatic heterocycles. The minimum absolute atomic E-state index is 0.814. The van der Waals surface area contributed by atoms with Gasteiger partial charge in [0.1, 0.15) is 22.5 Å². The first-order valence-corrected chi connectivity index (χ1v) is 19.5. The molecule has 0 aliphatic rings. The summed E-state index contributed by atoms with van der Waals surface area (Å²) in [6.45, 7) is 0. The highest BCUT2D eigenvalue weighted by atomic mass is 32.1. The summed E-state index contributed by atoms with van der Waals surface area (Å²) in [6, 6.07) is 65.2. The first kappa shape index (κ1) is 30.5. The molecule has 0 aliphatic carbocycles. The van der Waals surface area contributed by atoms with E-state index in [1.807, 2.05) is 17.4 Å². The molecule has 0 saturated carbocycles. The first-order chi connectivity index (χ1) is 27.3. The fourth-order valence-electron chi connectivity index (χ4n) is 8.93. The quantitative estimate of drug-likeness (QED) is 0.169. The normalized spacial score (nSPS) is 12.0. The SMILES string of the molecule is c1ccc(-c2oc3c(ccc4oc5cc(-c6c7ccccc7c(-c7cccc8c7sc7ccccc78)c7ccccc67)ccc5c43)c2-c2ccccc2)cc1. The van der Waals surface area contributed by atoms with E-state index in [9.17, 15) is 0 Å². The van der Waals surface area contributed by atoms with Gasteiger partial charge in [-0.15, -0.1) is 11.3 Å². The number of furan rings is 2. The Morgan fingerprint density at radius 3 is 1.67 bits per heavy atom. The number of fused-ring (bicyclic) bond motifs is 10. The van der Waals surface area contributed by atoms with Gasteiger partial charge >= 0.3 is 0 Å². The Morgan fingerprint density at radius 2 is 0.945 bits per heavy atom. The van der Waals surface area contributed by atoms with Gasteiger partial charge in [-0.25, -0.2) is 0 Å². The zero-order chi connectivity index (χ0) is 36.0. The van der Waals surface area contributed by atoms with Crippen LogP contribution in [0.15, 0.2) is 191 Å². The third kappa shape index (κ3) is 4.48. The first-order valence-electron chi connectivity index (χ1n) is 18.7. The highest BCUT2D eigenvalue weighted by molar-refractivity contribution is 7.26. The van der Waals surface area contributed by atoms with Crippen molar-refractivity contribution in [2.45, 2.75) is 0 Å². The van der Waals surface area contributed by atoms with Gasteiger partial charge in [0.05, 0.1) is 5.39 Å². The summed E-state index contributed by atoms with van der Waals surface area (Å²) < 4.78 is 16.3. The van der Waals surface area contributed by atoms with Crippen molar-refractivity contribution < 1.29 is 8.83 Å². The summed E-state index contributed by atoms with van der Waals surface area (Å²) in [4.78, 5) is 0. The molecule has 0 spiro atoms. The Bertz CT molecular complexity index is 3420. The van der Waals surface area contributed by atoms with Crippen molar-refractivity contribution in [1.82, 2.24) is 0 Å². The maximum absolute atomic E-state index is 6.90. The molecule has 256 valence electrons. The molecule has 3 heterocycles. The van der Waals surface area contributed by atoms with Crippen LogP contribution in [0.5, 0.6) is 0 Å². The van der Waals surface area contributed by atoms with Crippen LogP contribution in [0.4, 0.5) is 0 Å². The van der Waals surface area contributed by atoms with Gasteiger partial charge < -0.3 is 8.83 Å². The third-order valence-corrected chi connectivity index (χ3v) is 12.5. The van der Waals surface area contributed by atoms with Crippen molar-refractivity contribution in [3.8, 4) is 44.7 Å². The van der Waals surface area contributed by atoms with Gasteiger partial charge in [-0.2, -0.15) is 0 Å². The largest absolute Gasteiger partial charge is 0.456 e. The summed E-state index contributed by atoms with van der Waals surface area (Å²) in [5.41, 5.74) is 10.7. The standard InChI is InChI=1S/C52H30O2S/c1-3-14-31(15-4-1)47-41-28-29-43-49(51(41)54-50(47)32-16-5-2-6-17-32)40-27-26-33(30-44(40)53-43)46-35-19-7-9-21-37(35)48(38-22-10-8-20-36(38)46)42-24-13-23-39-34-18-11-12-25-45(34)55-52(39)42/h1-30H. The molecule has 0 fully saturated rings. The predicted octanol–water partition coefficient (Wildman–Crippen LogP) is 15.7. The molecule has 9 aromatic carbocycles. The number of rotatable bonds is 4. The molecule has 0 N–H and O–H groups in total. The van der Waals surface area contributed by atoms with Gasteiger partial charge in [0.25, 0.3) is 0 Å². The lowest BCUT2D eigenvalue weighted by molar-refractivity contribution is 0.634. The summed E-state index contributed by atoms with van der Waals surface area (Å²) in [6.07, 6.45) is 0. The summed E-state index contributed by atoms with van der Waals surface area (Å²) >= 11 is 1.88. The van der Waals surface area contributed by atoms with E-state index in [0.29, 0.717) is 0 Å². The van der Waals surface area contributed by atoms with Gasteiger partial charge in [-0.05, 0) is 74.1 Å². The summed E-state index contributed by atoms with van der Waals surface area (Å²) in [5.74, 6) is 0.865. The summed E-state index contributed by atoms with van der Waals surface area (Å²) in [5, 5.41) is 10.7. The van der Waals surface area contributed by atoms with Crippen molar-refractivity contribution in [3.05, 3.63) is 182 Å². The molecule has 55 heavy (non-hydrogen) atoms. The van der Waals surface area contributed by atoms with Gasteiger partial charge in [0, 0.05) is 47.6 Å². The second kappa shape index (κ2) is 11.8. The maximum Gasteiger partial charge on any atom is 0.147 e. The average Bonchev–Trinajstić information content (AvgIpc) is 3.95. The molecule has 0 bridgehead atoms. The van der Waals surface area contributed by atoms with Crippen LogP contribution in [0.2, 0.25) is 0 Å². The van der Waals surface area contributed by atoms with Gasteiger partial charge in [-0.1, -0.05) is 152 Å². The van der Waals surface area contributed by atoms with Crippen LogP contribution in [-0.4, -0.2) is 0 Å². The van der Waals surface area contributed by atoms with E-state index in [2.05, 4.69) is 176 Å². The van der Waals surface area contributed by atoms with Crippen LogP contribution < -0.4 is 0 Å². The second-order valence-electron chi connectivity index (χ2n) is 14.3. The number of benzene rings is 9. The molecule has 3 heteroatoms. The predicted molar refractivity (Wildman–Crippen MR) is 233 cm³/mol. The molecular formula is C52H30O2S. The van der Waals surface area contributed by atoms with Crippen molar-refractivity contribution in [1.29, 1.82) is 0 Å². The van der Waals surface area contributed by atoms with E-state index < -0.39 is 0 Å². The van der Waals surface area contributed by atoms with Crippen LogP contribution in [0, 0.1) is 0 Å². The molecule has 0 atom stereocenters. The molecular weight excluding hydrogens is 689 g/mol. The van der Waals surface area contributed by atoms with E-state index in [0.717, 1.165) is 60.9 Å². The minimum Gasteiger partial charge on any atom is -0.456 e. The second-order valence-corrected chi connectivity index (χ2v) is 15.3. The topological polar surface area (TPSA) is 26.3 Å². The number of hydrogen-bond donors (Lipinski definition) is 0. The lowest BCUT2D eigenvalue weighted by Crippen LogP contribution is -1.91. The van der Waals surface area contributed by atoms with E-state index in [1.54, 1.807) is 0 Å². The molecule has 0 amide bonds. The number of thiophene rings is 1.